The quantitative estimate of drug-likeness (QED) is 0.450. The minimum Gasteiger partial charge on any atom is -0.258 e. The van der Waals surface area contributed by atoms with Gasteiger partial charge in [0.25, 0.3) is 5.69 Å². The number of rotatable bonds is 3. The van der Waals surface area contributed by atoms with Crippen LogP contribution in [0.3, 0.4) is 0 Å². The van der Waals surface area contributed by atoms with Gasteiger partial charge in [0.15, 0.2) is 0 Å². The van der Waals surface area contributed by atoms with E-state index >= 15 is 0 Å². The lowest BCUT2D eigenvalue weighted by Crippen LogP contribution is -1.89. The highest BCUT2D eigenvalue weighted by Crippen LogP contribution is 2.26. The number of hydrogen-bond donors (Lipinski definition) is 0. The van der Waals surface area contributed by atoms with Crippen LogP contribution in [-0.4, -0.2) is 4.92 Å². The summed E-state index contributed by atoms with van der Waals surface area (Å²) >= 11 is 11.5. The summed E-state index contributed by atoms with van der Waals surface area (Å²) in [6, 6.07) is 12.0. The zero-order valence-electron chi connectivity index (χ0n) is 9.72. The zero-order chi connectivity index (χ0) is 13.8. The van der Waals surface area contributed by atoms with Crippen molar-refractivity contribution in [1.82, 2.24) is 0 Å². The van der Waals surface area contributed by atoms with Crippen LogP contribution in [0, 0.1) is 10.1 Å². The summed E-state index contributed by atoms with van der Waals surface area (Å²) in [5, 5.41) is 11.6. The van der Waals surface area contributed by atoms with Crippen LogP contribution in [0.2, 0.25) is 10.0 Å². The van der Waals surface area contributed by atoms with Gasteiger partial charge in [-0.1, -0.05) is 53.6 Å². The highest BCUT2D eigenvalue weighted by Gasteiger charge is 2.11. The van der Waals surface area contributed by atoms with Crippen molar-refractivity contribution < 1.29 is 4.92 Å². The molecule has 0 aromatic heterocycles. The SMILES string of the molecule is O=[N+]([O-])c1cc(/C=C/c2ccc(Cl)cc2)ccc1Cl. The average molecular weight is 294 g/mol. The van der Waals surface area contributed by atoms with E-state index in [-0.39, 0.29) is 10.7 Å². The topological polar surface area (TPSA) is 43.1 Å². The van der Waals surface area contributed by atoms with E-state index < -0.39 is 4.92 Å². The molecule has 2 aromatic carbocycles. The molecule has 0 aliphatic heterocycles. The largest absolute Gasteiger partial charge is 0.288 e. The summed E-state index contributed by atoms with van der Waals surface area (Å²) in [6.45, 7) is 0. The predicted molar refractivity (Wildman–Crippen MR) is 78.5 cm³/mol. The molecule has 5 heteroatoms. The van der Waals surface area contributed by atoms with Gasteiger partial charge in [0, 0.05) is 11.1 Å². The molecule has 3 nitrogen and oxygen atoms in total. The van der Waals surface area contributed by atoms with Crippen molar-refractivity contribution in [3.63, 3.8) is 0 Å². The minimum absolute atomic E-state index is 0.0973. The van der Waals surface area contributed by atoms with Gasteiger partial charge in [0.05, 0.1) is 4.92 Å². The smallest absolute Gasteiger partial charge is 0.258 e. The summed E-state index contributed by atoms with van der Waals surface area (Å²) in [4.78, 5) is 10.3. The second kappa shape index (κ2) is 5.87. The first-order chi connectivity index (χ1) is 9.06. The first-order valence-corrected chi connectivity index (χ1v) is 6.19. The minimum atomic E-state index is -0.498. The van der Waals surface area contributed by atoms with Crippen molar-refractivity contribution in [2.24, 2.45) is 0 Å². The fourth-order valence-corrected chi connectivity index (χ4v) is 1.85. The predicted octanol–water partition coefficient (Wildman–Crippen LogP) is 5.07. The molecule has 0 spiro atoms. The second-order valence-corrected chi connectivity index (χ2v) is 4.70. The number of benzene rings is 2. The van der Waals surface area contributed by atoms with E-state index in [0.717, 1.165) is 5.56 Å². The van der Waals surface area contributed by atoms with Gasteiger partial charge in [0.1, 0.15) is 5.02 Å². The summed E-state index contributed by atoms with van der Waals surface area (Å²) in [7, 11) is 0. The van der Waals surface area contributed by atoms with E-state index in [1.54, 1.807) is 24.3 Å². The molecule has 0 N–H and O–H groups in total. The second-order valence-electron chi connectivity index (χ2n) is 3.85. The van der Waals surface area contributed by atoms with Crippen molar-refractivity contribution in [2.45, 2.75) is 0 Å². The maximum absolute atomic E-state index is 10.8. The van der Waals surface area contributed by atoms with Gasteiger partial charge in [-0.05, 0) is 29.3 Å². The molecule has 0 amide bonds. The van der Waals surface area contributed by atoms with Gasteiger partial charge in [-0.2, -0.15) is 0 Å². The molecule has 2 aromatic rings. The standard InChI is InChI=1S/C14H9Cl2NO2/c15-12-6-3-10(4-7-12)1-2-11-5-8-13(16)14(9-11)17(18)19/h1-9H/b2-1+. The zero-order valence-corrected chi connectivity index (χ0v) is 11.2. The van der Waals surface area contributed by atoms with Crippen molar-refractivity contribution in [3.05, 3.63) is 73.8 Å². The van der Waals surface area contributed by atoms with Crippen LogP contribution < -0.4 is 0 Å². The molecule has 96 valence electrons. The third-order valence-corrected chi connectivity index (χ3v) is 3.08. The number of hydrogen-bond acceptors (Lipinski definition) is 2. The molecule has 0 saturated carbocycles. The molecule has 2 rings (SSSR count). The maximum Gasteiger partial charge on any atom is 0.288 e. The number of halogens is 2. The lowest BCUT2D eigenvalue weighted by atomic mass is 10.1. The fraction of sp³-hybridized carbons (Fsp3) is 0. The molecule has 0 heterocycles. The Bertz CT molecular complexity index is 636. The van der Waals surface area contributed by atoms with E-state index in [9.17, 15) is 10.1 Å². The monoisotopic (exact) mass is 293 g/mol. The van der Waals surface area contributed by atoms with Crippen LogP contribution in [0.25, 0.3) is 12.2 Å². The summed E-state index contributed by atoms with van der Waals surface area (Å²) in [6.07, 6.45) is 3.63. The maximum atomic E-state index is 10.8. The molecular weight excluding hydrogens is 285 g/mol. The first kappa shape index (κ1) is 13.6. The summed E-state index contributed by atoms with van der Waals surface area (Å²) in [5.41, 5.74) is 1.58. The van der Waals surface area contributed by atoms with E-state index in [2.05, 4.69) is 0 Å². The van der Waals surface area contributed by atoms with Crippen LogP contribution in [-0.2, 0) is 0 Å². The summed E-state index contributed by atoms with van der Waals surface area (Å²) < 4.78 is 0. The Hall–Kier alpha value is -1.84. The Kier molecular flexibility index (Phi) is 4.20. The summed E-state index contributed by atoms with van der Waals surface area (Å²) in [5.74, 6) is 0. The van der Waals surface area contributed by atoms with Gasteiger partial charge in [0.2, 0.25) is 0 Å². The lowest BCUT2D eigenvalue weighted by Gasteiger charge is -1.98. The molecule has 0 aliphatic rings. The van der Waals surface area contributed by atoms with Crippen LogP contribution in [0.15, 0.2) is 42.5 Å². The highest BCUT2D eigenvalue weighted by molar-refractivity contribution is 6.32. The normalized spacial score (nSPS) is 10.8. The molecule has 0 unspecified atom stereocenters. The van der Waals surface area contributed by atoms with Gasteiger partial charge in [-0.15, -0.1) is 0 Å². The Labute approximate surface area is 120 Å². The third-order valence-electron chi connectivity index (χ3n) is 2.51. The van der Waals surface area contributed by atoms with E-state index in [1.807, 2.05) is 18.2 Å². The van der Waals surface area contributed by atoms with Crippen molar-refractivity contribution in [3.8, 4) is 0 Å². The Morgan fingerprint density at radius 1 is 0.947 bits per heavy atom. The van der Waals surface area contributed by atoms with Gasteiger partial charge in [-0.3, -0.25) is 10.1 Å². The Morgan fingerprint density at radius 2 is 1.53 bits per heavy atom. The number of nitro groups is 1. The van der Waals surface area contributed by atoms with E-state index in [1.165, 1.54) is 12.1 Å². The molecule has 0 aliphatic carbocycles. The van der Waals surface area contributed by atoms with Crippen molar-refractivity contribution >= 4 is 41.0 Å². The van der Waals surface area contributed by atoms with Crippen molar-refractivity contribution in [2.75, 3.05) is 0 Å². The van der Waals surface area contributed by atoms with Gasteiger partial charge < -0.3 is 0 Å². The van der Waals surface area contributed by atoms with Crippen LogP contribution in [0.5, 0.6) is 0 Å². The van der Waals surface area contributed by atoms with Crippen molar-refractivity contribution in [1.29, 1.82) is 0 Å². The van der Waals surface area contributed by atoms with Gasteiger partial charge >= 0.3 is 0 Å². The van der Waals surface area contributed by atoms with E-state index in [0.29, 0.717) is 10.6 Å². The van der Waals surface area contributed by atoms with Crippen LogP contribution in [0.4, 0.5) is 5.69 Å². The molecule has 0 fully saturated rings. The Balaban J connectivity index is 2.26. The van der Waals surface area contributed by atoms with Gasteiger partial charge in [-0.25, -0.2) is 0 Å². The number of nitrogens with zero attached hydrogens (tertiary/aromatic N) is 1. The van der Waals surface area contributed by atoms with Crippen LogP contribution in [0.1, 0.15) is 11.1 Å². The highest BCUT2D eigenvalue weighted by atomic mass is 35.5. The molecule has 0 bridgehead atoms. The first-order valence-electron chi connectivity index (χ1n) is 5.44. The third kappa shape index (κ3) is 3.56. The molecule has 0 radical (unpaired) electrons. The number of nitro benzene ring substituents is 1. The van der Waals surface area contributed by atoms with Crippen LogP contribution >= 0.6 is 23.2 Å². The molecule has 19 heavy (non-hydrogen) atoms. The molecule has 0 atom stereocenters. The molecular formula is C14H9Cl2NO2. The molecule has 0 saturated heterocycles. The Morgan fingerprint density at radius 3 is 2.16 bits per heavy atom. The average Bonchev–Trinajstić information content (AvgIpc) is 2.39. The lowest BCUT2D eigenvalue weighted by molar-refractivity contribution is -0.384. The van der Waals surface area contributed by atoms with E-state index in [4.69, 9.17) is 23.2 Å². The fourth-order valence-electron chi connectivity index (χ4n) is 1.54.